The summed E-state index contributed by atoms with van der Waals surface area (Å²) < 4.78 is 26.1. The SMILES string of the molecule is O=C([O-])[C@@H]1CCCN1S(=O)(=O)c1ccc2[nH]c(=O)c(=O)[nH]c2c1. The highest BCUT2D eigenvalue weighted by Crippen LogP contribution is 2.26. The second kappa shape index (κ2) is 5.32. The minimum Gasteiger partial charge on any atom is -0.548 e. The summed E-state index contributed by atoms with van der Waals surface area (Å²) in [7, 11) is -4.05. The van der Waals surface area contributed by atoms with E-state index in [1.165, 1.54) is 18.2 Å². The van der Waals surface area contributed by atoms with Gasteiger partial charge in [0.05, 0.1) is 27.9 Å². The van der Waals surface area contributed by atoms with E-state index in [9.17, 15) is 27.9 Å². The quantitative estimate of drug-likeness (QED) is 0.627. The molecule has 0 saturated carbocycles. The fraction of sp³-hybridized carbons (Fsp3) is 0.308. The van der Waals surface area contributed by atoms with E-state index >= 15 is 0 Å². The minimum absolute atomic E-state index is 0.0845. The summed E-state index contributed by atoms with van der Waals surface area (Å²) in [6.45, 7) is 0.0845. The van der Waals surface area contributed by atoms with Crippen LogP contribution < -0.4 is 16.2 Å². The molecule has 3 rings (SSSR count). The lowest BCUT2D eigenvalue weighted by Crippen LogP contribution is -2.46. The number of aromatic amines is 2. The van der Waals surface area contributed by atoms with Crippen LogP contribution in [0, 0.1) is 0 Å². The highest BCUT2D eigenvalue weighted by Gasteiger charge is 2.36. The lowest BCUT2D eigenvalue weighted by molar-refractivity contribution is -0.309. The number of carbonyl (C=O) groups excluding carboxylic acids is 1. The van der Waals surface area contributed by atoms with Gasteiger partial charge >= 0.3 is 11.1 Å². The van der Waals surface area contributed by atoms with E-state index in [1.807, 2.05) is 0 Å². The average Bonchev–Trinajstić information content (AvgIpc) is 2.98. The molecule has 9 nitrogen and oxygen atoms in total. The number of benzene rings is 1. The van der Waals surface area contributed by atoms with Crippen molar-refractivity contribution in [2.45, 2.75) is 23.8 Å². The topological polar surface area (TPSA) is 143 Å². The van der Waals surface area contributed by atoms with Crippen LogP contribution in [0.25, 0.3) is 11.0 Å². The predicted molar refractivity (Wildman–Crippen MR) is 77.1 cm³/mol. The molecular formula is C13H12N3O6S-. The van der Waals surface area contributed by atoms with Crippen LogP contribution in [0.5, 0.6) is 0 Å². The van der Waals surface area contributed by atoms with Gasteiger partial charge in [0, 0.05) is 6.54 Å². The number of sulfonamides is 1. The summed E-state index contributed by atoms with van der Waals surface area (Å²) in [5.74, 6) is -1.44. The van der Waals surface area contributed by atoms with Gasteiger partial charge in [-0.05, 0) is 31.0 Å². The number of aromatic nitrogens is 2. The molecule has 0 unspecified atom stereocenters. The van der Waals surface area contributed by atoms with Gasteiger partial charge in [-0.2, -0.15) is 4.31 Å². The molecule has 0 radical (unpaired) electrons. The number of hydrogen-bond acceptors (Lipinski definition) is 6. The third-order valence-corrected chi connectivity index (χ3v) is 5.68. The smallest absolute Gasteiger partial charge is 0.314 e. The van der Waals surface area contributed by atoms with Gasteiger partial charge in [0.2, 0.25) is 10.0 Å². The van der Waals surface area contributed by atoms with Crippen molar-refractivity contribution in [3.8, 4) is 0 Å². The minimum atomic E-state index is -4.05. The van der Waals surface area contributed by atoms with Crippen LogP contribution in [0.1, 0.15) is 12.8 Å². The van der Waals surface area contributed by atoms with E-state index in [-0.39, 0.29) is 28.9 Å². The van der Waals surface area contributed by atoms with E-state index in [0.717, 1.165) is 4.31 Å². The predicted octanol–water partition coefficient (Wildman–Crippen LogP) is -1.88. The van der Waals surface area contributed by atoms with Crippen molar-refractivity contribution in [2.24, 2.45) is 0 Å². The van der Waals surface area contributed by atoms with E-state index in [4.69, 9.17) is 0 Å². The number of carbonyl (C=O) groups is 1. The van der Waals surface area contributed by atoms with Crippen molar-refractivity contribution in [1.82, 2.24) is 14.3 Å². The largest absolute Gasteiger partial charge is 0.548 e. The zero-order chi connectivity index (χ0) is 16.8. The van der Waals surface area contributed by atoms with Gasteiger partial charge in [0.1, 0.15) is 0 Å². The molecule has 0 spiro atoms. The zero-order valence-electron chi connectivity index (χ0n) is 11.7. The van der Waals surface area contributed by atoms with Crippen LogP contribution in [0.2, 0.25) is 0 Å². The Balaban J connectivity index is 2.11. The number of hydrogen-bond donors (Lipinski definition) is 2. The molecule has 1 atom stereocenters. The van der Waals surface area contributed by atoms with Gasteiger partial charge in [0.25, 0.3) is 0 Å². The van der Waals surface area contributed by atoms with E-state index in [1.54, 1.807) is 0 Å². The molecule has 2 heterocycles. The van der Waals surface area contributed by atoms with Gasteiger partial charge in [-0.25, -0.2) is 8.42 Å². The maximum Gasteiger partial charge on any atom is 0.314 e. The maximum atomic E-state index is 12.6. The summed E-state index contributed by atoms with van der Waals surface area (Å²) in [4.78, 5) is 38.1. The highest BCUT2D eigenvalue weighted by molar-refractivity contribution is 7.89. The van der Waals surface area contributed by atoms with E-state index in [0.29, 0.717) is 6.42 Å². The Kier molecular flexibility index (Phi) is 3.57. The highest BCUT2D eigenvalue weighted by atomic mass is 32.2. The Morgan fingerprint density at radius 3 is 2.48 bits per heavy atom. The zero-order valence-corrected chi connectivity index (χ0v) is 12.6. The number of nitrogens with zero attached hydrogens (tertiary/aromatic N) is 1. The summed E-state index contributed by atoms with van der Waals surface area (Å²) in [5.41, 5.74) is -1.34. The van der Waals surface area contributed by atoms with Crippen LogP contribution in [0.3, 0.4) is 0 Å². The van der Waals surface area contributed by atoms with Gasteiger partial charge in [-0.3, -0.25) is 9.59 Å². The Labute approximate surface area is 129 Å². The standard InChI is InChI=1S/C13H13N3O6S/c17-11-12(18)15-9-6-7(3-4-8(9)14-11)23(21,22)16-5-1-2-10(16)13(19)20/h3-4,6,10H,1-2,5H2,(H,14,17)(H,15,18)(H,19,20)/p-1/t10-/m0/s1. The number of nitrogens with one attached hydrogen (secondary N) is 2. The van der Waals surface area contributed by atoms with Crippen LogP contribution >= 0.6 is 0 Å². The first kappa shape index (κ1) is 15.4. The third kappa shape index (κ3) is 2.55. The third-order valence-electron chi connectivity index (χ3n) is 3.78. The Hall–Kier alpha value is -2.46. The number of aliphatic carboxylic acids is 1. The van der Waals surface area contributed by atoms with Crippen LogP contribution in [0.15, 0.2) is 32.7 Å². The first-order valence-corrected chi connectivity index (χ1v) is 8.24. The molecule has 0 amide bonds. The van der Waals surface area contributed by atoms with Crippen LogP contribution in [0.4, 0.5) is 0 Å². The molecule has 1 aliphatic heterocycles. The van der Waals surface area contributed by atoms with Crippen molar-refractivity contribution < 1.29 is 18.3 Å². The van der Waals surface area contributed by atoms with Crippen molar-refractivity contribution in [3.05, 3.63) is 38.9 Å². The molecule has 2 N–H and O–H groups in total. The Bertz CT molecular complexity index is 1010. The average molecular weight is 338 g/mol. The summed E-state index contributed by atoms with van der Waals surface area (Å²) in [6.07, 6.45) is 0.620. The summed E-state index contributed by atoms with van der Waals surface area (Å²) in [6, 6.07) is 2.57. The van der Waals surface area contributed by atoms with Gasteiger partial charge < -0.3 is 19.9 Å². The van der Waals surface area contributed by atoms with Crippen molar-refractivity contribution in [1.29, 1.82) is 0 Å². The van der Waals surface area contributed by atoms with Crippen LogP contribution in [-0.4, -0.2) is 41.2 Å². The van der Waals surface area contributed by atoms with Crippen LogP contribution in [-0.2, 0) is 14.8 Å². The first-order chi connectivity index (χ1) is 10.8. The molecule has 0 aliphatic carbocycles. The fourth-order valence-corrected chi connectivity index (χ4v) is 4.33. The second-order valence-electron chi connectivity index (χ2n) is 5.21. The maximum absolute atomic E-state index is 12.6. The van der Waals surface area contributed by atoms with Crippen molar-refractivity contribution in [3.63, 3.8) is 0 Å². The lowest BCUT2D eigenvalue weighted by atomic mass is 10.2. The van der Waals surface area contributed by atoms with Crippen molar-refractivity contribution in [2.75, 3.05) is 6.54 Å². The van der Waals surface area contributed by atoms with Gasteiger partial charge in [-0.15, -0.1) is 0 Å². The monoisotopic (exact) mass is 338 g/mol. The van der Waals surface area contributed by atoms with E-state index < -0.39 is 33.2 Å². The van der Waals surface area contributed by atoms with Gasteiger partial charge in [-0.1, -0.05) is 0 Å². The molecular weight excluding hydrogens is 326 g/mol. The number of rotatable bonds is 3. The summed E-state index contributed by atoms with van der Waals surface area (Å²) >= 11 is 0. The fourth-order valence-electron chi connectivity index (χ4n) is 2.65. The first-order valence-electron chi connectivity index (χ1n) is 6.80. The molecule has 1 fully saturated rings. The number of fused-ring (bicyclic) bond motifs is 1. The lowest BCUT2D eigenvalue weighted by Gasteiger charge is -2.24. The molecule has 1 aliphatic rings. The van der Waals surface area contributed by atoms with Gasteiger partial charge in [0.15, 0.2) is 0 Å². The second-order valence-corrected chi connectivity index (χ2v) is 7.10. The molecule has 0 bridgehead atoms. The number of carboxylic acid groups (broad SMARTS) is 1. The molecule has 23 heavy (non-hydrogen) atoms. The Morgan fingerprint density at radius 2 is 1.83 bits per heavy atom. The number of H-pyrrole nitrogens is 2. The molecule has 122 valence electrons. The molecule has 1 saturated heterocycles. The Morgan fingerprint density at radius 1 is 1.17 bits per heavy atom. The number of carboxylic acids is 1. The molecule has 1 aromatic carbocycles. The van der Waals surface area contributed by atoms with Crippen molar-refractivity contribution >= 4 is 27.0 Å². The normalized spacial score (nSPS) is 19.2. The molecule has 2 aromatic rings. The molecule has 1 aromatic heterocycles. The van der Waals surface area contributed by atoms with E-state index in [2.05, 4.69) is 9.97 Å². The molecule has 10 heteroatoms. The summed E-state index contributed by atoms with van der Waals surface area (Å²) in [5, 5.41) is 11.1.